The molecule has 0 atom stereocenters. The number of para-hydroxylation sites is 1. The second-order valence-corrected chi connectivity index (χ2v) is 15.1. The fourth-order valence-corrected chi connectivity index (χ4v) is 11.0. The normalized spacial score (nSPS) is 19.4. The Hall–Kier alpha value is -5.71. The summed E-state index contributed by atoms with van der Waals surface area (Å²) < 4.78 is 29.4. The predicted molar refractivity (Wildman–Crippen MR) is 190 cm³/mol. The van der Waals surface area contributed by atoms with Gasteiger partial charge < -0.3 is 4.90 Å². The molecule has 2 heterocycles. The van der Waals surface area contributed by atoms with E-state index in [4.69, 9.17) is 0 Å². The molecule has 0 saturated carbocycles. The Bertz CT molecular complexity index is 2610. The van der Waals surface area contributed by atoms with Gasteiger partial charge in [0.2, 0.25) is 9.84 Å². The van der Waals surface area contributed by atoms with Gasteiger partial charge in [0.15, 0.2) is 0 Å². The van der Waals surface area contributed by atoms with Crippen LogP contribution in [0.4, 0.5) is 17.1 Å². The summed E-state index contributed by atoms with van der Waals surface area (Å²) in [5, 5.41) is 0. The second kappa shape index (κ2) is 9.00. The van der Waals surface area contributed by atoms with Crippen LogP contribution in [0.1, 0.15) is 44.9 Å². The summed E-state index contributed by atoms with van der Waals surface area (Å²) >= 11 is 0. The van der Waals surface area contributed by atoms with E-state index in [2.05, 4.69) is 132 Å². The van der Waals surface area contributed by atoms with Gasteiger partial charge in [0.05, 0.1) is 32.3 Å². The molecular formula is C44H27NO2S. The molecule has 0 N–H and O–H groups in total. The van der Waals surface area contributed by atoms with Crippen molar-refractivity contribution < 1.29 is 8.42 Å². The van der Waals surface area contributed by atoms with Gasteiger partial charge in [0.25, 0.3) is 0 Å². The summed E-state index contributed by atoms with van der Waals surface area (Å²) in [4.78, 5) is 2.95. The third-order valence-electron chi connectivity index (χ3n) is 11.1. The van der Waals surface area contributed by atoms with Gasteiger partial charge in [0, 0.05) is 5.92 Å². The van der Waals surface area contributed by atoms with E-state index in [1.165, 1.54) is 33.4 Å². The Morgan fingerprint density at radius 2 is 1.08 bits per heavy atom. The fraction of sp³-hybridized carbons (Fsp3) is 0.0455. The zero-order valence-corrected chi connectivity index (χ0v) is 26.6. The van der Waals surface area contributed by atoms with Crippen LogP contribution in [-0.4, -0.2) is 8.42 Å². The largest absolute Gasteiger partial charge is 0.307 e. The Morgan fingerprint density at radius 3 is 1.83 bits per heavy atom. The SMILES string of the molecule is O=S1(=O)c2ccc(-c3ccccc3-c3ccccc3)cc2N2c3cccc4c3C3(c5ccccc5C4c4ccccc43)c3cccc1c32. The third kappa shape index (κ3) is 2.99. The van der Waals surface area contributed by atoms with E-state index in [0.29, 0.717) is 15.5 Å². The Balaban J connectivity index is 1.25. The number of hydrogen-bond acceptors (Lipinski definition) is 3. The minimum atomic E-state index is -3.84. The van der Waals surface area contributed by atoms with Gasteiger partial charge in [-0.1, -0.05) is 133 Å². The molecule has 0 fully saturated rings. The third-order valence-corrected chi connectivity index (χ3v) is 12.9. The first kappa shape index (κ1) is 26.4. The van der Waals surface area contributed by atoms with Gasteiger partial charge in [-0.25, -0.2) is 8.42 Å². The van der Waals surface area contributed by atoms with E-state index in [-0.39, 0.29) is 5.92 Å². The van der Waals surface area contributed by atoms with Gasteiger partial charge in [-0.3, -0.25) is 0 Å². The van der Waals surface area contributed by atoms with E-state index >= 15 is 0 Å². The maximum Gasteiger partial charge on any atom is 0.210 e. The topological polar surface area (TPSA) is 37.4 Å². The van der Waals surface area contributed by atoms with Gasteiger partial charge in [-0.05, 0) is 85.5 Å². The highest BCUT2D eigenvalue weighted by molar-refractivity contribution is 7.92. The zero-order valence-electron chi connectivity index (χ0n) is 25.8. The summed E-state index contributed by atoms with van der Waals surface area (Å²) in [7, 11) is -3.84. The van der Waals surface area contributed by atoms with Crippen molar-refractivity contribution in [3.05, 3.63) is 197 Å². The van der Waals surface area contributed by atoms with Crippen molar-refractivity contribution in [1.82, 2.24) is 0 Å². The quantitative estimate of drug-likeness (QED) is 0.190. The number of anilines is 3. The Labute approximate surface area is 279 Å². The minimum absolute atomic E-state index is 0.107. The maximum atomic E-state index is 14.7. The smallest absolute Gasteiger partial charge is 0.210 e. The first-order valence-corrected chi connectivity index (χ1v) is 17.9. The van der Waals surface area contributed by atoms with Gasteiger partial charge >= 0.3 is 0 Å². The molecule has 0 unspecified atom stereocenters. The second-order valence-electron chi connectivity index (χ2n) is 13.2. The molecule has 2 aliphatic heterocycles. The number of nitrogens with zero attached hydrogens (tertiary/aromatic N) is 1. The lowest BCUT2D eigenvalue weighted by atomic mass is 9.49. The standard InChI is InChI=1S/C44H27NO2S/c46-48(47)39-25-24-28(30-15-5-4-14-29(30)27-12-2-1-3-13-27)26-38(39)45-37-22-10-18-33-41-31-16-6-8-19-34(31)44(42(33)37,35-20-9-7-17-32(35)41)36-21-11-23-40(48)43(36)45/h1-26,41H. The van der Waals surface area contributed by atoms with Crippen molar-refractivity contribution in [3.8, 4) is 22.3 Å². The van der Waals surface area contributed by atoms with Crippen molar-refractivity contribution in [1.29, 1.82) is 0 Å². The Kier molecular flexibility index (Phi) is 4.95. The van der Waals surface area contributed by atoms with Crippen LogP contribution in [0.3, 0.4) is 0 Å². The maximum absolute atomic E-state index is 14.7. The van der Waals surface area contributed by atoms with Crippen molar-refractivity contribution >= 4 is 26.9 Å². The summed E-state index contributed by atoms with van der Waals surface area (Å²) in [5.41, 5.74) is 14.8. The molecule has 0 saturated heterocycles. The molecule has 5 aliphatic rings. The lowest BCUT2D eigenvalue weighted by molar-refractivity contribution is 0.590. The first-order valence-electron chi connectivity index (χ1n) is 16.4. The van der Waals surface area contributed by atoms with E-state index in [1.807, 2.05) is 24.3 Å². The summed E-state index contributed by atoms with van der Waals surface area (Å²) in [6.45, 7) is 0. The van der Waals surface area contributed by atoms with E-state index in [1.54, 1.807) is 6.07 Å². The average Bonchev–Trinajstić information content (AvgIpc) is 3.15. The number of hydrogen-bond donors (Lipinski definition) is 0. The molecule has 0 aromatic heterocycles. The minimum Gasteiger partial charge on any atom is -0.307 e. The molecule has 3 nitrogen and oxygen atoms in total. The molecule has 0 amide bonds. The van der Waals surface area contributed by atoms with Crippen LogP contribution in [-0.2, 0) is 15.3 Å². The molecule has 4 heteroatoms. The molecule has 226 valence electrons. The molecule has 48 heavy (non-hydrogen) atoms. The summed E-state index contributed by atoms with van der Waals surface area (Å²) in [5.74, 6) is 0.107. The molecule has 2 bridgehead atoms. The fourth-order valence-electron chi connectivity index (χ4n) is 9.37. The highest BCUT2D eigenvalue weighted by Gasteiger charge is 2.58. The molecule has 0 radical (unpaired) electrons. The molecule has 12 rings (SSSR count). The lowest BCUT2D eigenvalue weighted by Gasteiger charge is -2.56. The predicted octanol–water partition coefficient (Wildman–Crippen LogP) is 10.1. The summed E-state index contributed by atoms with van der Waals surface area (Å²) in [6.07, 6.45) is 0. The zero-order chi connectivity index (χ0) is 31.8. The number of benzene rings is 7. The molecule has 7 aromatic rings. The van der Waals surface area contributed by atoms with Crippen molar-refractivity contribution in [2.24, 2.45) is 0 Å². The molecule has 1 spiro atoms. The number of sulfone groups is 1. The van der Waals surface area contributed by atoms with E-state index < -0.39 is 15.3 Å². The van der Waals surface area contributed by atoms with Crippen LogP contribution in [0, 0.1) is 0 Å². The molecule has 3 aliphatic carbocycles. The monoisotopic (exact) mass is 633 g/mol. The average molecular weight is 634 g/mol. The highest BCUT2D eigenvalue weighted by Crippen LogP contribution is 2.69. The van der Waals surface area contributed by atoms with Crippen LogP contribution >= 0.6 is 0 Å². The van der Waals surface area contributed by atoms with Crippen LogP contribution in [0.15, 0.2) is 168 Å². The highest BCUT2D eigenvalue weighted by atomic mass is 32.2. The van der Waals surface area contributed by atoms with Gasteiger partial charge in [0.1, 0.15) is 0 Å². The van der Waals surface area contributed by atoms with Crippen LogP contribution in [0.5, 0.6) is 0 Å². The molecule has 7 aromatic carbocycles. The van der Waals surface area contributed by atoms with E-state index in [0.717, 1.165) is 39.2 Å². The van der Waals surface area contributed by atoms with Crippen molar-refractivity contribution in [3.63, 3.8) is 0 Å². The van der Waals surface area contributed by atoms with Crippen molar-refractivity contribution in [2.45, 2.75) is 21.1 Å². The van der Waals surface area contributed by atoms with Crippen LogP contribution in [0.2, 0.25) is 0 Å². The first-order chi connectivity index (χ1) is 23.6. The number of fused-ring (bicyclic) bond motifs is 3. The van der Waals surface area contributed by atoms with E-state index in [9.17, 15) is 8.42 Å². The van der Waals surface area contributed by atoms with Crippen molar-refractivity contribution in [2.75, 3.05) is 4.90 Å². The van der Waals surface area contributed by atoms with Gasteiger partial charge in [-0.2, -0.15) is 0 Å². The number of rotatable bonds is 2. The lowest BCUT2D eigenvalue weighted by Crippen LogP contribution is -2.47. The van der Waals surface area contributed by atoms with Crippen LogP contribution in [0.25, 0.3) is 22.3 Å². The Morgan fingerprint density at radius 1 is 0.479 bits per heavy atom. The van der Waals surface area contributed by atoms with Gasteiger partial charge in [-0.15, -0.1) is 0 Å². The summed E-state index contributed by atoms with van der Waals surface area (Å²) in [6, 6.07) is 54.7. The molecular weight excluding hydrogens is 607 g/mol. The van der Waals surface area contributed by atoms with Crippen LogP contribution < -0.4 is 4.90 Å².